The van der Waals surface area contributed by atoms with Crippen LogP contribution in [0.1, 0.15) is 122 Å². The van der Waals surface area contributed by atoms with E-state index in [1.807, 2.05) is 0 Å². The molecule has 2 spiro atoms. The molecule has 0 saturated carbocycles. The SMILES string of the molecule is c1cc2c(cc1N1CCCN3CCCN=C31)C1(c3cc(N4CCCN5CCCN=C54)ccc3-2)c2cc(N3CCCN4CCCN=C43)ccc2-c2ccc(N3CCCN4CCCN=C43)cc21.c1ccc2c(c1)-c1ccc(N3CCCN4CCCN=C43)cc1C21c2ccccc2-c2ccc(N3CCCN4CCCN=C43)cc21. The van der Waals surface area contributed by atoms with Crippen molar-refractivity contribution in [1.82, 2.24) is 29.4 Å². The smallest absolute Gasteiger partial charge is 0.201 e. The first kappa shape index (κ1) is 65.3. The number of anilines is 6. The number of hydrogen-bond donors (Lipinski definition) is 0. The van der Waals surface area contributed by atoms with Gasteiger partial charge in [-0.05, 0) is 239 Å². The third-order valence-corrected chi connectivity index (χ3v) is 27.2. The first-order valence-corrected chi connectivity index (χ1v) is 42.0. The predicted octanol–water partition coefficient (Wildman–Crippen LogP) is 13.7. The predicted molar refractivity (Wildman–Crippen MR) is 448 cm³/mol. The highest BCUT2D eigenvalue weighted by Crippen LogP contribution is 2.66. The van der Waals surface area contributed by atoms with E-state index in [2.05, 4.69) is 217 Å². The number of guanidine groups is 6. The first-order valence-electron chi connectivity index (χ1n) is 42.0. The molecule has 18 nitrogen and oxygen atoms in total. The van der Waals surface area contributed by atoms with Crippen molar-refractivity contribution in [3.63, 3.8) is 0 Å². The molecule has 12 aliphatic heterocycles. The van der Waals surface area contributed by atoms with Crippen molar-refractivity contribution in [3.05, 3.63) is 202 Å². The quantitative estimate of drug-likeness (QED) is 0.158. The summed E-state index contributed by atoms with van der Waals surface area (Å²) in [4.78, 5) is 61.1. The van der Waals surface area contributed by atoms with Gasteiger partial charge < -0.3 is 58.8 Å². The molecule has 6 fully saturated rings. The van der Waals surface area contributed by atoms with Crippen LogP contribution in [0.15, 0.2) is 188 Å². The summed E-state index contributed by atoms with van der Waals surface area (Å²) in [6.07, 6.45) is 13.7. The Morgan fingerprint density at radius 1 is 0.182 bits per heavy atom. The average molecular weight is 1460 g/mol. The highest BCUT2D eigenvalue weighted by atomic mass is 15.4. The summed E-state index contributed by atoms with van der Waals surface area (Å²) >= 11 is 0. The van der Waals surface area contributed by atoms with Crippen LogP contribution in [-0.2, 0) is 10.8 Å². The maximum atomic E-state index is 5.20. The van der Waals surface area contributed by atoms with Crippen LogP contribution in [0.2, 0.25) is 0 Å². The van der Waals surface area contributed by atoms with Crippen molar-refractivity contribution >= 4 is 69.9 Å². The Morgan fingerprint density at radius 3 is 0.582 bits per heavy atom. The molecule has 0 aromatic heterocycles. The molecule has 0 unspecified atom stereocenters. The minimum absolute atomic E-state index is 0.377. The zero-order chi connectivity index (χ0) is 72.2. The second-order valence-corrected chi connectivity index (χ2v) is 33.1. The van der Waals surface area contributed by atoms with Gasteiger partial charge in [-0.2, -0.15) is 0 Å². The molecule has 0 bridgehead atoms. The lowest BCUT2D eigenvalue weighted by atomic mass is 9.70. The molecular formula is C92H98N18. The van der Waals surface area contributed by atoms with Gasteiger partial charge in [-0.25, -0.2) is 0 Å². The van der Waals surface area contributed by atoms with Crippen LogP contribution in [0.3, 0.4) is 0 Å². The van der Waals surface area contributed by atoms with Crippen molar-refractivity contribution < 1.29 is 0 Å². The topological polar surface area (TPSA) is 113 Å². The Labute approximate surface area is 646 Å². The molecule has 8 aromatic carbocycles. The second-order valence-electron chi connectivity index (χ2n) is 33.1. The highest BCUT2D eigenvalue weighted by molar-refractivity contribution is 6.07. The van der Waals surface area contributed by atoms with Crippen LogP contribution in [0.5, 0.6) is 0 Å². The third kappa shape index (κ3) is 9.83. The lowest BCUT2D eigenvalue weighted by molar-refractivity contribution is 0.360. The zero-order valence-corrected chi connectivity index (χ0v) is 63.5. The number of fused-ring (bicyclic) bond motifs is 26. The molecule has 18 heteroatoms. The van der Waals surface area contributed by atoms with E-state index in [4.69, 9.17) is 30.0 Å². The van der Waals surface area contributed by atoms with Crippen molar-refractivity contribution in [3.8, 4) is 44.5 Å². The summed E-state index contributed by atoms with van der Waals surface area (Å²) < 4.78 is 0. The van der Waals surface area contributed by atoms with Crippen LogP contribution >= 0.6 is 0 Å². The van der Waals surface area contributed by atoms with Crippen molar-refractivity contribution in [1.29, 1.82) is 0 Å². The number of nitrogens with zero attached hydrogens (tertiary/aromatic N) is 18. The molecule has 0 atom stereocenters. The molecule has 556 valence electrons. The Kier molecular flexibility index (Phi) is 15.4. The Morgan fingerprint density at radius 2 is 0.364 bits per heavy atom. The van der Waals surface area contributed by atoms with Crippen LogP contribution < -0.4 is 29.4 Å². The Balaban J connectivity index is 0.000000141. The lowest BCUT2D eigenvalue weighted by Gasteiger charge is -2.42. The molecule has 16 aliphatic rings. The molecule has 0 N–H and O–H groups in total. The van der Waals surface area contributed by atoms with E-state index in [-0.39, 0.29) is 5.41 Å². The van der Waals surface area contributed by atoms with Crippen molar-refractivity contribution in [2.45, 2.75) is 87.9 Å². The van der Waals surface area contributed by atoms with Gasteiger partial charge >= 0.3 is 0 Å². The van der Waals surface area contributed by atoms with E-state index < -0.39 is 5.41 Å². The molecule has 6 saturated heterocycles. The molecule has 8 aromatic rings. The lowest BCUT2D eigenvalue weighted by Crippen LogP contribution is -2.52. The minimum atomic E-state index is -0.575. The monoisotopic (exact) mass is 1450 g/mol. The minimum Gasteiger partial charge on any atom is -0.342 e. The normalized spacial score (nSPS) is 21.9. The van der Waals surface area contributed by atoms with Crippen LogP contribution in [0, 0.1) is 0 Å². The van der Waals surface area contributed by atoms with Crippen LogP contribution in [0.25, 0.3) is 44.5 Å². The van der Waals surface area contributed by atoms with Gasteiger partial charge in [0, 0.05) is 191 Å². The number of hydrogen-bond acceptors (Lipinski definition) is 18. The fraction of sp³-hybridized carbons (Fsp3) is 0.413. The zero-order valence-electron chi connectivity index (χ0n) is 63.5. The molecule has 0 amide bonds. The number of benzene rings is 8. The standard InChI is InChI=1S/C53H60N12.C39H38N6/c1-17-54-49-58(21-1)25-5-29-62(49)37-9-13-41-42-14-10-38(63-30-6-26-59-22-2-18-55-50(59)63)34-46(42)53(45(41)33-37)47-35-39(64-31-7-27-60-23-3-19-56-51(60)64)11-15-43(47)44-16-12-40(36-48(44)53)65-32-8-28-61-24-4-20-57-52(61)65;1-3-11-33-29(9-1)31-15-13-27(44-23-7-21-42-19-5-17-40-37(42)44)25-35(31)39(33)34-12-4-2-10-30(34)32-16-14-28(26-36(32)39)45-24-8-22-43-20-6-18-41-38(43)45/h9-16,33-36H,1-8,17-32H2;1-4,9-16,25-26H,5-8,17-24H2. The fourth-order valence-electron chi connectivity index (χ4n) is 22.5. The summed E-state index contributed by atoms with van der Waals surface area (Å²) in [5.74, 6) is 6.93. The van der Waals surface area contributed by atoms with E-state index in [0.29, 0.717) is 0 Å². The maximum Gasteiger partial charge on any atom is 0.201 e. The average Bonchev–Trinajstić information content (AvgIpc) is 1.50. The van der Waals surface area contributed by atoms with E-state index in [1.165, 1.54) is 123 Å². The fourth-order valence-corrected chi connectivity index (χ4v) is 22.5. The second kappa shape index (κ2) is 26.0. The first-order chi connectivity index (χ1) is 54.5. The van der Waals surface area contributed by atoms with Crippen molar-refractivity contribution in [2.75, 3.05) is 186 Å². The molecule has 12 heterocycles. The van der Waals surface area contributed by atoms with Gasteiger partial charge in [-0.1, -0.05) is 84.9 Å². The van der Waals surface area contributed by atoms with Gasteiger partial charge in [0.05, 0.1) is 10.8 Å². The van der Waals surface area contributed by atoms with Gasteiger partial charge in [0.15, 0.2) is 0 Å². The van der Waals surface area contributed by atoms with Crippen LogP contribution in [-0.4, -0.2) is 222 Å². The van der Waals surface area contributed by atoms with Gasteiger partial charge in [-0.15, -0.1) is 0 Å². The summed E-state index contributed by atoms with van der Waals surface area (Å²) in [5, 5.41) is 0. The van der Waals surface area contributed by atoms with E-state index in [9.17, 15) is 0 Å². The van der Waals surface area contributed by atoms with E-state index in [1.54, 1.807) is 0 Å². The van der Waals surface area contributed by atoms with E-state index >= 15 is 0 Å². The summed E-state index contributed by atoms with van der Waals surface area (Å²) in [5.41, 5.74) is 28.4. The van der Waals surface area contributed by atoms with E-state index in [0.717, 1.165) is 270 Å². The number of aliphatic imine (C=N–C) groups is 6. The summed E-state index contributed by atoms with van der Waals surface area (Å²) in [6, 6.07) is 62.6. The van der Waals surface area contributed by atoms with Gasteiger partial charge in [0.2, 0.25) is 35.8 Å². The van der Waals surface area contributed by atoms with Gasteiger partial charge in [-0.3, -0.25) is 30.0 Å². The maximum absolute atomic E-state index is 5.20. The van der Waals surface area contributed by atoms with Gasteiger partial charge in [0.1, 0.15) is 0 Å². The van der Waals surface area contributed by atoms with Crippen LogP contribution in [0.4, 0.5) is 34.1 Å². The molecule has 110 heavy (non-hydrogen) atoms. The summed E-state index contributed by atoms with van der Waals surface area (Å²) in [6.45, 7) is 24.5. The molecule has 4 aliphatic carbocycles. The van der Waals surface area contributed by atoms with Crippen molar-refractivity contribution in [2.24, 2.45) is 30.0 Å². The number of rotatable bonds is 6. The Hall–Kier alpha value is -10.6. The molecular weight excluding hydrogens is 1360 g/mol. The summed E-state index contributed by atoms with van der Waals surface area (Å²) in [7, 11) is 0. The van der Waals surface area contributed by atoms with Gasteiger partial charge in [0.25, 0.3) is 0 Å². The largest absolute Gasteiger partial charge is 0.342 e. The highest BCUT2D eigenvalue weighted by Gasteiger charge is 2.55. The third-order valence-electron chi connectivity index (χ3n) is 27.2. The Bertz CT molecular complexity index is 4780. The molecule has 24 rings (SSSR count). The molecule has 0 radical (unpaired) electrons.